The molecular weight excluding hydrogens is 347 g/mol. The average Bonchev–Trinajstić information content (AvgIpc) is 2.51. The molecule has 0 aliphatic rings. The predicted molar refractivity (Wildman–Crippen MR) is 97.9 cm³/mol. The van der Waals surface area contributed by atoms with Crippen molar-refractivity contribution in [2.24, 2.45) is 5.73 Å². The van der Waals surface area contributed by atoms with E-state index in [0.29, 0.717) is 34.3 Å². The van der Waals surface area contributed by atoms with Gasteiger partial charge in [-0.05, 0) is 45.0 Å². The highest BCUT2D eigenvalue weighted by molar-refractivity contribution is 6.36. The molecule has 128 valence electrons. The van der Waals surface area contributed by atoms with Crippen LogP contribution in [0.15, 0.2) is 18.2 Å². The summed E-state index contributed by atoms with van der Waals surface area (Å²) in [7, 11) is 0. The van der Waals surface area contributed by atoms with Gasteiger partial charge in [0.15, 0.2) is 0 Å². The maximum Gasteiger partial charge on any atom is 0.340 e. The van der Waals surface area contributed by atoms with E-state index in [9.17, 15) is 4.79 Å². The number of hydrogen-bond donors (Lipinski definition) is 1. The van der Waals surface area contributed by atoms with Crippen LogP contribution >= 0.6 is 23.2 Å². The van der Waals surface area contributed by atoms with E-state index >= 15 is 0 Å². The van der Waals surface area contributed by atoms with Crippen molar-refractivity contribution in [1.82, 2.24) is 4.98 Å². The molecule has 0 atom stereocenters. The van der Waals surface area contributed by atoms with Gasteiger partial charge in [-0.2, -0.15) is 0 Å². The molecule has 2 rings (SSSR count). The van der Waals surface area contributed by atoms with Gasteiger partial charge in [0.25, 0.3) is 0 Å². The number of ether oxygens (including phenoxy) is 1. The molecule has 6 heteroatoms. The van der Waals surface area contributed by atoms with Crippen LogP contribution in [0.1, 0.15) is 34.2 Å². The minimum absolute atomic E-state index is 0.279. The molecule has 1 aromatic heterocycles. The van der Waals surface area contributed by atoms with E-state index in [4.69, 9.17) is 33.7 Å². The molecule has 24 heavy (non-hydrogen) atoms. The predicted octanol–water partition coefficient (Wildman–Crippen LogP) is 4.35. The molecule has 0 saturated carbocycles. The third kappa shape index (κ3) is 3.72. The smallest absolute Gasteiger partial charge is 0.340 e. The number of carbonyl (C=O) groups excluding carboxylic acids is 1. The van der Waals surface area contributed by atoms with Gasteiger partial charge >= 0.3 is 5.97 Å². The van der Waals surface area contributed by atoms with Gasteiger partial charge in [-0.3, -0.25) is 4.98 Å². The fraction of sp³-hybridized carbons (Fsp3) is 0.333. The Morgan fingerprint density at radius 3 is 2.58 bits per heavy atom. The Morgan fingerprint density at radius 2 is 2.00 bits per heavy atom. The van der Waals surface area contributed by atoms with E-state index in [2.05, 4.69) is 4.98 Å². The third-order valence-corrected chi connectivity index (χ3v) is 4.37. The van der Waals surface area contributed by atoms with Crippen LogP contribution in [-0.4, -0.2) is 24.1 Å². The van der Waals surface area contributed by atoms with E-state index in [1.807, 2.05) is 13.8 Å². The van der Waals surface area contributed by atoms with E-state index in [0.717, 1.165) is 22.4 Å². The number of benzene rings is 1. The van der Waals surface area contributed by atoms with Crippen molar-refractivity contribution in [2.45, 2.75) is 27.2 Å². The number of nitrogens with two attached hydrogens (primary N) is 1. The molecule has 0 fully saturated rings. The van der Waals surface area contributed by atoms with E-state index in [1.165, 1.54) is 0 Å². The van der Waals surface area contributed by atoms with Gasteiger partial charge in [-0.25, -0.2) is 4.79 Å². The molecule has 2 aromatic rings. The van der Waals surface area contributed by atoms with Crippen LogP contribution in [0.3, 0.4) is 0 Å². The second-order valence-corrected chi connectivity index (χ2v) is 6.25. The topological polar surface area (TPSA) is 65.2 Å². The standard InChI is InChI=1S/C18H20Cl2N2O2/c1-4-24-18(23)17-15(7-8-21)22-11(3)10(2)16(17)13-6-5-12(19)9-14(13)20/h5-6,9H,4,7-8,21H2,1-3H3. The molecular formula is C18H20Cl2N2O2. The Balaban J connectivity index is 2.82. The van der Waals surface area contributed by atoms with E-state index < -0.39 is 5.97 Å². The summed E-state index contributed by atoms with van der Waals surface area (Å²) in [5, 5.41) is 1.01. The van der Waals surface area contributed by atoms with Crippen molar-refractivity contribution < 1.29 is 9.53 Å². The van der Waals surface area contributed by atoms with Gasteiger partial charge < -0.3 is 10.5 Å². The Kier molecular flexibility index (Phi) is 6.21. The summed E-state index contributed by atoms with van der Waals surface area (Å²) in [6, 6.07) is 5.21. The van der Waals surface area contributed by atoms with Crippen LogP contribution < -0.4 is 5.73 Å². The summed E-state index contributed by atoms with van der Waals surface area (Å²) in [6.07, 6.45) is 0.480. The zero-order chi connectivity index (χ0) is 17.9. The number of aryl methyl sites for hydroxylation is 1. The van der Waals surface area contributed by atoms with E-state index in [-0.39, 0.29) is 6.61 Å². The normalized spacial score (nSPS) is 10.8. The fourth-order valence-electron chi connectivity index (χ4n) is 2.62. The largest absolute Gasteiger partial charge is 0.462 e. The Morgan fingerprint density at radius 1 is 1.29 bits per heavy atom. The monoisotopic (exact) mass is 366 g/mol. The number of pyridine rings is 1. The van der Waals surface area contributed by atoms with Crippen LogP contribution in [-0.2, 0) is 11.2 Å². The molecule has 0 saturated heterocycles. The van der Waals surface area contributed by atoms with Crippen molar-refractivity contribution >= 4 is 29.2 Å². The Bertz CT molecular complexity index is 776. The maximum absolute atomic E-state index is 12.6. The van der Waals surface area contributed by atoms with Gasteiger partial charge in [0.1, 0.15) is 0 Å². The highest BCUT2D eigenvalue weighted by atomic mass is 35.5. The van der Waals surface area contributed by atoms with Crippen molar-refractivity contribution in [3.8, 4) is 11.1 Å². The van der Waals surface area contributed by atoms with Gasteiger partial charge in [0.2, 0.25) is 0 Å². The molecule has 4 nitrogen and oxygen atoms in total. The Hall–Kier alpha value is -1.62. The number of halogens is 2. The lowest BCUT2D eigenvalue weighted by Crippen LogP contribution is -2.17. The minimum atomic E-state index is -0.419. The summed E-state index contributed by atoms with van der Waals surface area (Å²) in [4.78, 5) is 17.2. The first-order chi connectivity index (χ1) is 11.4. The number of rotatable bonds is 5. The molecule has 0 spiro atoms. The number of nitrogens with zero attached hydrogens (tertiary/aromatic N) is 1. The number of esters is 1. The van der Waals surface area contributed by atoms with Gasteiger partial charge in [-0.15, -0.1) is 0 Å². The third-order valence-electron chi connectivity index (χ3n) is 3.82. The molecule has 1 aromatic carbocycles. The van der Waals surface area contributed by atoms with Crippen molar-refractivity contribution in [1.29, 1.82) is 0 Å². The van der Waals surface area contributed by atoms with Gasteiger partial charge in [0.05, 0.1) is 17.9 Å². The molecule has 0 aliphatic carbocycles. The lowest BCUT2D eigenvalue weighted by Gasteiger charge is -2.18. The molecule has 1 heterocycles. The van der Waals surface area contributed by atoms with Crippen molar-refractivity contribution in [3.63, 3.8) is 0 Å². The second-order valence-electron chi connectivity index (χ2n) is 5.40. The number of carbonyl (C=O) groups is 1. The van der Waals surface area contributed by atoms with Crippen molar-refractivity contribution in [3.05, 3.63) is 50.8 Å². The Labute approximate surface area is 151 Å². The second kappa shape index (κ2) is 7.97. The summed E-state index contributed by atoms with van der Waals surface area (Å²) in [5.74, 6) is -0.419. The minimum Gasteiger partial charge on any atom is -0.462 e. The van der Waals surface area contributed by atoms with Crippen LogP contribution in [0, 0.1) is 13.8 Å². The van der Waals surface area contributed by atoms with Gasteiger partial charge in [-0.1, -0.05) is 29.3 Å². The first-order valence-electron chi connectivity index (χ1n) is 7.73. The van der Waals surface area contributed by atoms with Crippen LogP contribution in [0.4, 0.5) is 0 Å². The summed E-state index contributed by atoms with van der Waals surface area (Å²) >= 11 is 12.4. The summed E-state index contributed by atoms with van der Waals surface area (Å²) in [5.41, 5.74) is 9.90. The van der Waals surface area contributed by atoms with Crippen LogP contribution in [0.2, 0.25) is 10.0 Å². The molecule has 0 unspecified atom stereocenters. The van der Waals surface area contributed by atoms with Crippen molar-refractivity contribution in [2.75, 3.05) is 13.2 Å². The molecule has 0 bridgehead atoms. The SMILES string of the molecule is CCOC(=O)c1c(CCN)nc(C)c(C)c1-c1ccc(Cl)cc1Cl. The first kappa shape index (κ1) is 18.7. The molecule has 0 amide bonds. The summed E-state index contributed by atoms with van der Waals surface area (Å²) in [6.45, 7) is 6.25. The van der Waals surface area contributed by atoms with E-state index in [1.54, 1.807) is 25.1 Å². The lowest BCUT2D eigenvalue weighted by atomic mass is 9.92. The average molecular weight is 367 g/mol. The molecule has 2 N–H and O–H groups in total. The highest BCUT2D eigenvalue weighted by Gasteiger charge is 2.24. The summed E-state index contributed by atoms with van der Waals surface area (Å²) < 4.78 is 5.25. The zero-order valence-corrected chi connectivity index (χ0v) is 15.5. The number of hydrogen-bond acceptors (Lipinski definition) is 4. The zero-order valence-electron chi connectivity index (χ0n) is 14.0. The first-order valence-corrected chi connectivity index (χ1v) is 8.48. The quantitative estimate of drug-likeness (QED) is 0.798. The maximum atomic E-state index is 12.6. The van der Waals surface area contributed by atoms with Crippen LogP contribution in [0.25, 0.3) is 11.1 Å². The fourth-order valence-corrected chi connectivity index (χ4v) is 3.13. The van der Waals surface area contributed by atoms with Gasteiger partial charge in [0, 0.05) is 33.3 Å². The number of aromatic nitrogens is 1. The lowest BCUT2D eigenvalue weighted by molar-refractivity contribution is 0.0525. The molecule has 0 aliphatic heterocycles. The van der Waals surface area contributed by atoms with Crippen LogP contribution in [0.5, 0.6) is 0 Å². The molecule has 0 radical (unpaired) electrons. The highest BCUT2D eigenvalue weighted by Crippen LogP contribution is 2.37.